The molecular formula is C21H27NO5S. The summed E-state index contributed by atoms with van der Waals surface area (Å²) in [5, 5.41) is 0.0254. The van der Waals surface area contributed by atoms with E-state index in [-0.39, 0.29) is 24.0 Å². The summed E-state index contributed by atoms with van der Waals surface area (Å²) < 4.78 is 16.2. The van der Waals surface area contributed by atoms with Gasteiger partial charge < -0.3 is 19.1 Å². The van der Waals surface area contributed by atoms with Gasteiger partial charge in [-0.1, -0.05) is 26.2 Å². The summed E-state index contributed by atoms with van der Waals surface area (Å²) in [6.07, 6.45) is 6.63. The predicted octanol–water partition coefficient (Wildman–Crippen LogP) is 3.83. The van der Waals surface area contributed by atoms with Crippen LogP contribution < -0.4 is 9.47 Å². The average molecular weight is 406 g/mol. The van der Waals surface area contributed by atoms with E-state index >= 15 is 0 Å². The van der Waals surface area contributed by atoms with Crippen LogP contribution in [0.4, 0.5) is 0 Å². The van der Waals surface area contributed by atoms with Crippen LogP contribution in [-0.2, 0) is 9.53 Å². The first-order valence-electron chi connectivity index (χ1n) is 10.2. The average Bonchev–Trinajstić information content (AvgIpc) is 3.38. The lowest BCUT2D eigenvalue weighted by molar-refractivity contribution is -0.148. The second-order valence-corrected chi connectivity index (χ2v) is 8.74. The first-order chi connectivity index (χ1) is 13.7. The van der Waals surface area contributed by atoms with Crippen molar-refractivity contribution in [3.63, 3.8) is 0 Å². The number of fused-ring (bicyclic) bond motifs is 1. The minimum Gasteiger partial charge on any atom is -0.464 e. The van der Waals surface area contributed by atoms with Crippen LogP contribution in [0.2, 0.25) is 0 Å². The zero-order chi connectivity index (χ0) is 19.5. The van der Waals surface area contributed by atoms with Crippen LogP contribution >= 0.6 is 11.8 Å². The fraction of sp³-hybridized carbons (Fsp3) is 0.619. The second-order valence-electron chi connectivity index (χ2n) is 7.59. The van der Waals surface area contributed by atoms with Gasteiger partial charge in [0.2, 0.25) is 6.79 Å². The van der Waals surface area contributed by atoms with Gasteiger partial charge in [0.15, 0.2) is 11.5 Å². The van der Waals surface area contributed by atoms with Gasteiger partial charge >= 0.3 is 5.97 Å². The van der Waals surface area contributed by atoms with Crippen LogP contribution in [0, 0.1) is 5.92 Å². The molecule has 28 heavy (non-hydrogen) atoms. The fourth-order valence-corrected chi connectivity index (χ4v) is 5.85. The van der Waals surface area contributed by atoms with E-state index in [0.29, 0.717) is 35.3 Å². The topological polar surface area (TPSA) is 65.1 Å². The predicted molar refractivity (Wildman–Crippen MR) is 107 cm³/mol. The lowest BCUT2D eigenvalue weighted by Gasteiger charge is -2.35. The number of ether oxygens (including phenoxy) is 3. The maximum Gasteiger partial charge on any atom is 0.329 e. The Morgan fingerprint density at radius 1 is 1.18 bits per heavy atom. The summed E-state index contributed by atoms with van der Waals surface area (Å²) in [4.78, 5) is 28.0. The van der Waals surface area contributed by atoms with Crippen molar-refractivity contribution in [3.8, 4) is 11.5 Å². The zero-order valence-electron chi connectivity index (χ0n) is 16.2. The van der Waals surface area contributed by atoms with Gasteiger partial charge in [-0.25, -0.2) is 4.79 Å². The third kappa shape index (κ3) is 3.81. The summed E-state index contributed by atoms with van der Waals surface area (Å²) in [5.41, 5.74) is 0.529. The lowest BCUT2D eigenvalue weighted by atomic mass is 9.88. The highest BCUT2D eigenvalue weighted by molar-refractivity contribution is 8.00. The van der Waals surface area contributed by atoms with E-state index in [2.05, 4.69) is 0 Å². The van der Waals surface area contributed by atoms with E-state index in [9.17, 15) is 9.59 Å². The van der Waals surface area contributed by atoms with E-state index in [0.717, 1.165) is 19.3 Å². The Balaban J connectivity index is 1.60. The number of hydrogen-bond donors (Lipinski definition) is 0. The molecule has 4 rings (SSSR count). The molecule has 2 unspecified atom stereocenters. The molecule has 1 saturated heterocycles. The first-order valence-corrected chi connectivity index (χ1v) is 11.2. The van der Waals surface area contributed by atoms with Crippen molar-refractivity contribution in [2.24, 2.45) is 5.92 Å². The van der Waals surface area contributed by atoms with Crippen LogP contribution in [0.15, 0.2) is 18.2 Å². The van der Waals surface area contributed by atoms with Gasteiger partial charge in [0.25, 0.3) is 5.91 Å². The number of nitrogens with zero attached hydrogens (tertiary/aromatic N) is 1. The standard InChI is InChI=1S/C21H27NO5S/c1-2-10-25-21(24)16-12-28-20(14-6-4-3-5-7-14)22(16)19(23)15-8-9-17-18(11-15)27-13-26-17/h8-9,11,14,16,20H,2-7,10,12-13H2,1H3. The molecule has 0 radical (unpaired) electrons. The summed E-state index contributed by atoms with van der Waals surface area (Å²) in [6, 6.07) is 4.71. The lowest BCUT2D eigenvalue weighted by Crippen LogP contribution is -2.48. The number of amides is 1. The third-order valence-electron chi connectivity index (χ3n) is 5.66. The molecule has 1 amide bonds. The van der Waals surface area contributed by atoms with Gasteiger partial charge in [-0.15, -0.1) is 11.8 Å². The van der Waals surface area contributed by atoms with E-state index in [4.69, 9.17) is 14.2 Å². The van der Waals surface area contributed by atoms with E-state index < -0.39 is 6.04 Å². The Labute approximate surface area is 169 Å². The number of hydrogen-bond acceptors (Lipinski definition) is 6. The van der Waals surface area contributed by atoms with Crippen molar-refractivity contribution < 1.29 is 23.8 Å². The second kappa shape index (κ2) is 8.64. The molecule has 1 saturated carbocycles. The monoisotopic (exact) mass is 405 g/mol. The van der Waals surface area contributed by atoms with Crippen LogP contribution in [0.25, 0.3) is 0 Å². The number of carbonyl (C=O) groups is 2. The van der Waals surface area contributed by atoms with E-state index in [1.54, 1.807) is 34.9 Å². The van der Waals surface area contributed by atoms with Crippen molar-refractivity contribution >= 4 is 23.6 Å². The molecule has 1 aromatic rings. The molecule has 2 atom stereocenters. The largest absolute Gasteiger partial charge is 0.464 e. The van der Waals surface area contributed by atoms with Crippen molar-refractivity contribution in [2.45, 2.75) is 56.9 Å². The van der Waals surface area contributed by atoms with Crippen LogP contribution in [0.3, 0.4) is 0 Å². The Hall–Kier alpha value is -1.89. The highest BCUT2D eigenvalue weighted by atomic mass is 32.2. The van der Waals surface area contributed by atoms with Crippen LogP contribution in [0.1, 0.15) is 55.8 Å². The van der Waals surface area contributed by atoms with Gasteiger partial charge in [-0.2, -0.15) is 0 Å². The maximum absolute atomic E-state index is 13.5. The molecule has 0 bridgehead atoms. The summed E-state index contributed by atoms with van der Waals surface area (Å²) >= 11 is 1.72. The molecule has 0 spiro atoms. The van der Waals surface area contributed by atoms with Gasteiger partial charge in [0.05, 0.1) is 12.0 Å². The molecule has 6 nitrogen and oxygen atoms in total. The quantitative estimate of drug-likeness (QED) is 0.694. The molecular weight excluding hydrogens is 378 g/mol. The van der Waals surface area contributed by atoms with Crippen molar-refractivity contribution in [2.75, 3.05) is 19.2 Å². The Kier molecular flexibility index (Phi) is 5.99. The first kappa shape index (κ1) is 19.4. The highest BCUT2D eigenvalue weighted by Crippen LogP contribution is 2.42. The Morgan fingerprint density at radius 2 is 1.96 bits per heavy atom. The number of benzene rings is 1. The molecule has 2 aliphatic heterocycles. The van der Waals surface area contributed by atoms with Crippen LogP contribution in [-0.4, -0.2) is 47.3 Å². The van der Waals surface area contributed by atoms with E-state index in [1.807, 2.05) is 6.92 Å². The molecule has 152 valence electrons. The fourth-order valence-electron chi connectivity index (χ4n) is 4.23. The van der Waals surface area contributed by atoms with Gasteiger partial charge in [-0.05, 0) is 43.4 Å². The summed E-state index contributed by atoms with van der Waals surface area (Å²) in [6.45, 7) is 2.53. The molecule has 2 fully saturated rings. The molecule has 3 aliphatic rings. The summed E-state index contributed by atoms with van der Waals surface area (Å²) in [5.74, 6) is 1.84. The van der Waals surface area contributed by atoms with Gasteiger partial charge in [0.1, 0.15) is 6.04 Å². The number of esters is 1. The Bertz CT molecular complexity index is 734. The normalized spacial score (nSPS) is 24.4. The van der Waals surface area contributed by atoms with Crippen LogP contribution in [0.5, 0.6) is 11.5 Å². The number of rotatable bonds is 5. The van der Waals surface area contributed by atoms with Gasteiger partial charge in [0, 0.05) is 11.3 Å². The minimum atomic E-state index is -0.526. The van der Waals surface area contributed by atoms with E-state index in [1.165, 1.54) is 19.3 Å². The molecule has 7 heteroatoms. The SMILES string of the molecule is CCCOC(=O)C1CSC(C2CCCCC2)N1C(=O)c1ccc2c(c1)OCO2. The Morgan fingerprint density at radius 3 is 2.75 bits per heavy atom. The number of carbonyl (C=O) groups excluding carboxylic acids is 2. The molecule has 0 aromatic heterocycles. The zero-order valence-corrected chi connectivity index (χ0v) is 17.0. The minimum absolute atomic E-state index is 0.0254. The number of thioether (sulfide) groups is 1. The molecule has 2 heterocycles. The van der Waals surface area contributed by atoms with Crippen molar-refractivity contribution in [1.29, 1.82) is 0 Å². The smallest absolute Gasteiger partial charge is 0.329 e. The molecule has 1 aliphatic carbocycles. The highest BCUT2D eigenvalue weighted by Gasteiger charge is 2.46. The molecule has 0 N–H and O–H groups in total. The summed E-state index contributed by atoms with van der Waals surface area (Å²) in [7, 11) is 0. The van der Waals surface area contributed by atoms with Gasteiger partial charge in [-0.3, -0.25) is 4.79 Å². The molecule has 1 aromatic carbocycles. The third-order valence-corrected chi connectivity index (χ3v) is 7.12. The van der Waals surface area contributed by atoms with Crippen molar-refractivity contribution in [1.82, 2.24) is 4.90 Å². The van der Waals surface area contributed by atoms with Crippen molar-refractivity contribution in [3.05, 3.63) is 23.8 Å². The maximum atomic E-state index is 13.5.